The Morgan fingerprint density at radius 2 is 1.53 bits per heavy atom. The van der Waals surface area contributed by atoms with Crippen LogP contribution >= 0.6 is 0 Å². The summed E-state index contributed by atoms with van der Waals surface area (Å²) in [5, 5.41) is 8.76. The molecule has 0 saturated carbocycles. The van der Waals surface area contributed by atoms with Gasteiger partial charge >= 0.3 is 5.97 Å². The first kappa shape index (κ1) is 15.9. The van der Waals surface area contributed by atoms with Gasteiger partial charge < -0.3 is 9.84 Å². The molecule has 86 valence electrons. The Balaban J connectivity index is 0. The lowest BCUT2D eigenvalue weighted by atomic mass is 10.2. The maximum absolute atomic E-state index is 9.59. The number of esters is 1. The largest absolute Gasteiger partial charge is 0.508 e. The SMILES string of the molecule is CC.COC(C)=O.Cc1ccc(O)cc1. The van der Waals surface area contributed by atoms with Crippen molar-refractivity contribution in [2.45, 2.75) is 27.7 Å². The summed E-state index contributed by atoms with van der Waals surface area (Å²) in [6, 6.07) is 7.09. The van der Waals surface area contributed by atoms with Gasteiger partial charge in [0.05, 0.1) is 7.11 Å². The fourth-order valence-corrected chi connectivity index (χ4v) is 0.545. The second-order valence-corrected chi connectivity index (χ2v) is 2.53. The van der Waals surface area contributed by atoms with E-state index in [1.165, 1.54) is 19.6 Å². The van der Waals surface area contributed by atoms with Crippen LogP contribution in [0.4, 0.5) is 0 Å². The van der Waals surface area contributed by atoms with Crippen molar-refractivity contribution in [2.75, 3.05) is 7.11 Å². The Hall–Kier alpha value is -1.51. The molecule has 0 aliphatic carbocycles. The Kier molecular flexibility index (Phi) is 11.2. The maximum Gasteiger partial charge on any atom is 0.302 e. The molecule has 0 aliphatic heterocycles. The van der Waals surface area contributed by atoms with Crippen molar-refractivity contribution in [2.24, 2.45) is 0 Å². The number of phenols is 1. The summed E-state index contributed by atoms with van der Waals surface area (Å²) in [6.45, 7) is 7.35. The topological polar surface area (TPSA) is 46.5 Å². The first-order valence-corrected chi connectivity index (χ1v) is 4.86. The number of hydrogen-bond acceptors (Lipinski definition) is 3. The second kappa shape index (κ2) is 10.6. The number of benzene rings is 1. The van der Waals surface area contributed by atoms with Crippen LogP contribution in [-0.2, 0) is 9.53 Å². The predicted molar refractivity (Wildman–Crippen MR) is 61.9 cm³/mol. The van der Waals surface area contributed by atoms with Crippen LogP contribution in [0.15, 0.2) is 24.3 Å². The van der Waals surface area contributed by atoms with Crippen LogP contribution in [0, 0.1) is 6.92 Å². The van der Waals surface area contributed by atoms with E-state index in [4.69, 9.17) is 5.11 Å². The van der Waals surface area contributed by atoms with Crippen LogP contribution in [0.2, 0.25) is 0 Å². The molecule has 3 nitrogen and oxygen atoms in total. The van der Waals surface area contributed by atoms with E-state index in [0.717, 1.165) is 0 Å². The van der Waals surface area contributed by atoms with Gasteiger partial charge in [-0.05, 0) is 19.1 Å². The molecule has 15 heavy (non-hydrogen) atoms. The van der Waals surface area contributed by atoms with Gasteiger partial charge in [0.1, 0.15) is 5.75 Å². The smallest absolute Gasteiger partial charge is 0.302 e. The van der Waals surface area contributed by atoms with Crippen LogP contribution < -0.4 is 0 Å². The lowest BCUT2D eigenvalue weighted by molar-refractivity contribution is -0.137. The highest BCUT2D eigenvalue weighted by atomic mass is 16.5. The Morgan fingerprint density at radius 3 is 1.73 bits per heavy atom. The van der Waals surface area contributed by atoms with Crippen LogP contribution in [0.1, 0.15) is 26.3 Å². The van der Waals surface area contributed by atoms with Crippen LogP contribution in [0.25, 0.3) is 0 Å². The minimum Gasteiger partial charge on any atom is -0.508 e. The van der Waals surface area contributed by atoms with Crippen LogP contribution in [-0.4, -0.2) is 18.2 Å². The van der Waals surface area contributed by atoms with Crippen molar-refractivity contribution < 1.29 is 14.6 Å². The predicted octanol–water partition coefficient (Wildman–Crippen LogP) is 2.91. The average Bonchev–Trinajstić information content (AvgIpc) is 2.26. The molecule has 0 heterocycles. The Labute approximate surface area is 91.7 Å². The van der Waals surface area contributed by atoms with Crippen molar-refractivity contribution in [1.29, 1.82) is 0 Å². The number of carbonyl (C=O) groups is 1. The molecular formula is C12H20O3. The molecule has 0 bridgehead atoms. The van der Waals surface area contributed by atoms with Crippen LogP contribution in [0.3, 0.4) is 0 Å². The average molecular weight is 212 g/mol. The van der Waals surface area contributed by atoms with Crippen molar-refractivity contribution in [3.63, 3.8) is 0 Å². The zero-order valence-electron chi connectivity index (χ0n) is 10.1. The minimum absolute atomic E-state index is 0.245. The quantitative estimate of drug-likeness (QED) is 0.672. The Morgan fingerprint density at radius 1 is 1.20 bits per heavy atom. The number of aromatic hydroxyl groups is 1. The van der Waals surface area contributed by atoms with Gasteiger partial charge in [0, 0.05) is 6.92 Å². The third kappa shape index (κ3) is 12.5. The maximum atomic E-state index is 9.59. The lowest BCUT2D eigenvalue weighted by Crippen LogP contribution is -1.88. The molecule has 0 radical (unpaired) electrons. The monoisotopic (exact) mass is 212 g/mol. The molecule has 0 unspecified atom stereocenters. The highest BCUT2D eigenvalue weighted by Crippen LogP contribution is 2.07. The molecule has 0 aromatic heterocycles. The number of rotatable bonds is 0. The van der Waals surface area contributed by atoms with Gasteiger partial charge in [-0.15, -0.1) is 0 Å². The van der Waals surface area contributed by atoms with Crippen molar-refractivity contribution in [3.05, 3.63) is 29.8 Å². The number of aryl methyl sites for hydroxylation is 1. The van der Waals surface area contributed by atoms with E-state index in [1.807, 2.05) is 32.9 Å². The molecule has 0 atom stereocenters. The normalized spacial score (nSPS) is 7.53. The number of methoxy groups -OCH3 is 1. The van der Waals surface area contributed by atoms with E-state index in [0.29, 0.717) is 5.75 Å². The molecule has 1 aromatic rings. The molecule has 0 saturated heterocycles. The first-order chi connectivity index (χ1) is 7.06. The number of ether oxygens (including phenoxy) is 1. The summed E-state index contributed by atoms with van der Waals surface area (Å²) in [7, 11) is 1.35. The third-order valence-electron chi connectivity index (χ3n) is 1.32. The van der Waals surface area contributed by atoms with Gasteiger partial charge in [0.25, 0.3) is 0 Å². The number of phenolic OH excluding ortho intramolecular Hbond substituents is 1. The highest BCUT2D eigenvalue weighted by Gasteiger charge is 1.82. The van der Waals surface area contributed by atoms with E-state index in [9.17, 15) is 4.79 Å². The summed E-state index contributed by atoms with van der Waals surface area (Å²) in [5.41, 5.74) is 1.17. The van der Waals surface area contributed by atoms with Crippen LogP contribution in [0.5, 0.6) is 5.75 Å². The molecule has 0 spiro atoms. The molecule has 1 rings (SSSR count). The van der Waals surface area contributed by atoms with Gasteiger partial charge in [-0.2, -0.15) is 0 Å². The fraction of sp³-hybridized carbons (Fsp3) is 0.417. The number of hydrogen-bond donors (Lipinski definition) is 1. The van der Waals surface area contributed by atoms with E-state index in [2.05, 4.69) is 4.74 Å². The van der Waals surface area contributed by atoms with Gasteiger partial charge in [-0.3, -0.25) is 4.79 Å². The second-order valence-electron chi connectivity index (χ2n) is 2.53. The summed E-state index contributed by atoms with van der Waals surface area (Å²) in [6.07, 6.45) is 0. The summed E-state index contributed by atoms with van der Waals surface area (Å²) in [5.74, 6) is 0.0839. The van der Waals surface area contributed by atoms with Gasteiger partial charge in [0.2, 0.25) is 0 Å². The standard InChI is InChI=1S/C7H8O.C3H6O2.C2H6/c1-6-2-4-7(8)5-3-6;1-3(4)5-2;1-2/h2-5,8H,1H3;1-2H3;1-2H3. The number of carbonyl (C=O) groups excluding carboxylic acids is 1. The van der Waals surface area contributed by atoms with E-state index < -0.39 is 0 Å². The third-order valence-corrected chi connectivity index (χ3v) is 1.32. The molecule has 1 N–H and O–H groups in total. The fourth-order valence-electron chi connectivity index (χ4n) is 0.545. The summed E-state index contributed by atoms with van der Waals surface area (Å²) in [4.78, 5) is 9.59. The van der Waals surface area contributed by atoms with Crippen molar-refractivity contribution in [1.82, 2.24) is 0 Å². The summed E-state index contributed by atoms with van der Waals surface area (Å²) < 4.78 is 4.11. The molecule has 1 aromatic carbocycles. The van der Waals surface area contributed by atoms with Gasteiger partial charge in [-0.25, -0.2) is 0 Å². The molecule has 0 amide bonds. The first-order valence-electron chi connectivity index (χ1n) is 4.86. The van der Waals surface area contributed by atoms with E-state index >= 15 is 0 Å². The Bertz CT molecular complexity index is 231. The zero-order chi connectivity index (χ0) is 12.3. The van der Waals surface area contributed by atoms with Crippen molar-refractivity contribution in [3.8, 4) is 5.75 Å². The van der Waals surface area contributed by atoms with E-state index in [1.54, 1.807) is 12.1 Å². The molecular weight excluding hydrogens is 192 g/mol. The van der Waals surface area contributed by atoms with Crippen molar-refractivity contribution >= 4 is 5.97 Å². The summed E-state index contributed by atoms with van der Waals surface area (Å²) >= 11 is 0. The molecule has 0 fully saturated rings. The lowest BCUT2D eigenvalue weighted by Gasteiger charge is -1.89. The minimum atomic E-state index is -0.245. The van der Waals surface area contributed by atoms with E-state index in [-0.39, 0.29) is 5.97 Å². The zero-order valence-corrected chi connectivity index (χ0v) is 10.1. The van der Waals surface area contributed by atoms with Gasteiger partial charge in [-0.1, -0.05) is 31.5 Å². The molecule has 3 heteroatoms. The molecule has 0 aliphatic rings. The highest BCUT2D eigenvalue weighted by molar-refractivity contribution is 5.65. The van der Waals surface area contributed by atoms with Gasteiger partial charge in [0.15, 0.2) is 0 Å².